The Balaban J connectivity index is 1.55. The highest BCUT2D eigenvalue weighted by atomic mass is 32.1. The van der Waals surface area contributed by atoms with Crippen molar-refractivity contribution in [1.29, 1.82) is 0 Å². The minimum Gasteiger partial charge on any atom is -0.491 e. The molecular weight excluding hydrogens is 476 g/mol. The van der Waals surface area contributed by atoms with Gasteiger partial charge < -0.3 is 19.4 Å². The molecule has 0 unspecified atom stereocenters. The lowest BCUT2D eigenvalue weighted by molar-refractivity contribution is -0.384. The summed E-state index contributed by atoms with van der Waals surface area (Å²) in [5.74, 6) is 1.96. The number of furan rings is 1. The molecule has 0 bridgehead atoms. The minimum absolute atomic E-state index is 0.00542. The molecule has 0 saturated carbocycles. The number of nitro groups is 1. The zero-order valence-corrected chi connectivity index (χ0v) is 20.5. The third-order valence-electron chi connectivity index (χ3n) is 5.84. The van der Waals surface area contributed by atoms with Crippen LogP contribution in [0.2, 0.25) is 0 Å². The number of ether oxygens (including phenoxy) is 1. The van der Waals surface area contributed by atoms with Crippen LogP contribution < -0.4 is 15.0 Å². The fraction of sp³-hybridized carbons (Fsp3) is 0.185. The fourth-order valence-corrected chi connectivity index (χ4v) is 4.66. The van der Waals surface area contributed by atoms with E-state index in [0.29, 0.717) is 22.2 Å². The molecule has 3 heterocycles. The van der Waals surface area contributed by atoms with Gasteiger partial charge in [0.05, 0.1) is 22.8 Å². The van der Waals surface area contributed by atoms with Crippen molar-refractivity contribution in [3.05, 3.63) is 107 Å². The van der Waals surface area contributed by atoms with Crippen LogP contribution in [0.4, 0.5) is 11.4 Å². The molecule has 36 heavy (non-hydrogen) atoms. The largest absolute Gasteiger partial charge is 0.491 e. The summed E-state index contributed by atoms with van der Waals surface area (Å²) < 4.78 is 12.1. The Kier molecular flexibility index (Phi) is 6.39. The van der Waals surface area contributed by atoms with Crippen molar-refractivity contribution in [1.82, 2.24) is 10.3 Å². The van der Waals surface area contributed by atoms with Gasteiger partial charge in [0.2, 0.25) is 0 Å². The first-order valence-corrected chi connectivity index (χ1v) is 11.9. The van der Waals surface area contributed by atoms with Gasteiger partial charge in [-0.3, -0.25) is 15.1 Å². The average Bonchev–Trinajstić information content (AvgIpc) is 3.49. The first-order chi connectivity index (χ1) is 17.4. The second-order valence-corrected chi connectivity index (χ2v) is 9.05. The number of rotatable bonds is 7. The number of nitrogens with zero attached hydrogens (tertiary/aromatic N) is 3. The van der Waals surface area contributed by atoms with Crippen molar-refractivity contribution >= 4 is 28.7 Å². The van der Waals surface area contributed by atoms with Gasteiger partial charge in [0.1, 0.15) is 23.3 Å². The van der Waals surface area contributed by atoms with Crippen molar-refractivity contribution in [3.8, 4) is 17.1 Å². The number of nitro benzene ring substituents is 1. The maximum atomic E-state index is 11.2. The van der Waals surface area contributed by atoms with E-state index in [9.17, 15) is 10.1 Å². The van der Waals surface area contributed by atoms with Crippen LogP contribution in [0, 0.1) is 10.1 Å². The molecule has 8 nitrogen and oxygen atoms in total. The van der Waals surface area contributed by atoms with Crippen molar-refractivity contribution in [2.45, 2.75) is 32.0 Å². The fourth-order valence-electron chi connectivity index (χ4n) is 4.32. The summed E-state index contributed by atoms with van der Waals surface area (Å²) in [6.45, 7) is 3.97. The smallest absolute Gasteiger partial charge is 0.270 e. The molecule has 9 heteroatoms. The van der Waals surface area contributed by atoms with Crippen molar-refractivity contribution in [2.24, 2.45) is 0 Å². The molecule has 1 aliphatic heterocycles. The number of hydrogen-bond donors (Lipinski definition) is 1. The first-order valence-electron chi connectivity index (χ1n) is 11.5. The predicted molar refractivity (Wildman–Crippen MR) is 141 cm³/mol. The van der Waals surface area contributed by atoms with E-state index in [-0.39, 0.29) is 23.9 Å². The van der Waals surface area contributed by atoms with E-state index in [4.69, 9.17) is 21.4 Å². The summed E-state index contributed by atoms with van der Waals surface area (Å²) in [6, 6.07) is 23.0. The number of thiocarbonyl (C=S) groups is 1. The van der Waals surface area contributed by atoms with E-state index in [0.717, 1.165) is 17.1 Å². The SMILES string of the molecule is CC(C)Oc1ccc(N2C(=S)N[C@H](c3ccccn3)[C@H]2c2ccc(-c3cccc([N+](=O)[O-])c3)o2)cc1. The molecule has 1 fully saturated rings. The molecule has 182 valence electrons. The van der Waals surface area contributed by atoms with E-state index in [1.54, 1.807) is 18.3 Å². The second-order valence-electron chi connectivity index (χ2n) is 8.67. The summed E-state index contributed by atoms with van der Waals surface area (Å²) in [4.78, 5) is 17.4. The highest BCUT2D eigenvalue weighted by Gasteiger charge is 2.42. The summed E-state index contributed by atoms with van der Waals surface area (Å²) in [5.41, 5.74) is 2.33. The number of hydrogen-bond acceptors (Lipinski definition) is 6. The van der Waals surface area contributed by atoms with Gasteiger partial charge in [-0.05, 0) is 74.6 Å². The Hall–Kier alpha value is -4.24. The quantitative estimate of drug-likeness (QED) is 0.182. The van der Waals surface area contributed by atoms with Gasteiger partial charge in [-0.2, -0.15) is 0 Å². The lowest BCUT2D eigenvalue weighted by Crippen LogP contribution is -2.29. The minimum atomic E-state index is -0.418. The number of aromatic nitrogens is 1. The molecule has 1 N–H and O–H groups in total. The second kappa shape index (κ2) is 9.79. The molecule has 1 saturated heterocycles. The highest BCUT2D eigenvalue weighted by Crippen LogP contribution is 2.43. The molecule has 0 amide bonds. The third-order valence-corrected chi connectivity index (χ3v) is 6.16. The van der Waals surface area contributed by atoms with Gasteiger partial charge in [-0.15, -0.1) is 0 Å². The van der Waals surface area contributed by atoms with Gasteiger partial charge in [-0.25, -0.2) is 0 Å². The molecule has 0 radical (unpaired) electrons. The van der Waals surface area contributed by atoms with Crippen LogP contribution in [0.15, 0.2) is 89.5 Å². The molecule has 2 atom stereocenters. The molecule has 0 spiro atoms. The van der Waals surface area contributed by atoms with E-state index < -0.39 is 4.92 Å². The average molecular weight is 501 g/mol. The molecule has 2 aromatic heterocycles. The summed E-state index contributed by atoms with van der Waals surface area (Å²) in [6.07, 6.45) is 1.82. The van der Waals surface area contributed by atoms with Gasteiger partial charge in [0, 0.05) is 29.6 Å². The van der Waals surface area contributed by atoms with Crippen LogP contribution >= 0.6 is 12.2 Å². The molecule has 1 aliphatic rings. The third kappa shape index (κ3) is 4.65. The monoisotopic (exact) mass is 500 g/mol. The van der Waals surface area contributed by atoms with Crippen LogP contribution in [0.25, 0.3) is 11.3 Å². The Morgan fingerprint density at radius 1 is 1.08 bits per heavy atom. The Morgan fingerprint density at radius 3 is 2.58 bits per heavy atom. The molecular formula is C27H24N4O4S. The zero-order valence-electron chi connectivity index (χ0n) is 19.7. The molecule has 0 aliphatic carbocycles. The first kappa shape index (κ1) is 23.5. The zero-order chi connectivity index (χ0) is 25.2. The van der Waals surface area contributed by atoms with E-state index in [1.165, 1.54) is 12.1 Å². The molecule has 2 aromatic carbocycles. The van der Waals surface area contributed by atoms with Crippen molar-refractivity contribution in [3.63, 3.8) is 0 Å². The maximum Gasteiger partial charge on any atom is 0.270 e. The summed E-state index contributed by atoms with van der Waals surface area (Å²) in [7, 11) is 0. The molecule has 4 aromatic rings. The molecule has 5 rings (SSSR count). The number of pyridine rings is 1. The summed E-state index contributed by atoms with van der Waals surface area (Å²) >= 11 is 5.76. The van der Waals surface area contributed by atoms with Crippen LogP contribution in [0.3, 0.4) is 0 Å². The topological polar surface area (TPSA) is 93.7 Å². The van der Waals surface area contributed by atoms with Gasteiger partial charge >= 0.3 is 0 Å². The van der Waals surface area contributed by atoms with E-state index >= 15 is 0 Å². The van der Waals surface area contributed by atoms with Crippen LogP contribution in [-0.2, 0) is 0 Å². The standard InChI is InChI=1S/C27H24N4O4S/c1-17(2)34-21-11-9-19(10-12-21)30-26(25(29-27(30)36)22-8-3-4-15-28-22)24-14-13-23(35-24)18-6-5-7-20(16-18)31(32)33/h3-17,25-26H,1-2H3,(H,29,36)/t25-,26-/m1/s1. The predicted octanol–water partition coefficient (Wildman–Crippen LogP) is 6.21. The normalized spacial score (nSPS) is 17.3. The number of anilines is 1. The summed E-state index contributed by atoms with van der Waals surface area (Å²) in [5, 5.41) is 15.2. The highest BCUT2D eigenvalue weighted by molar-refractivity contribution is 7.80. The Morgan fingerprint density at radius 2 is 1.89 bits per heavy atom. The van der Waals surface area contributed by atoms with Crippen LogP contribution in [0.1, 0.15) is 37.4 Å². The number of non-ortho nitro benzene ring substituents is 1. The van der Waals surface area contributed by atoms with E-state index in [1.807, 2.05) is 73.3 Å². The van der Waals surface area contributed by atoms with Gasteiger partial charge in [0.15, 0.2) is 5.11 Å². The van der Waals surface area contributed by atoms with Gasteiger partial charge in [0.25, 0.3) is 5.69 Å². The van der Waals surface area contributed by atoms with Gasteiger partial charge in [-0.1, -0.05) is 18.2 Å². The van der Waals surface area contributed by atoms with Crippen LogP contribution in [0.5, 0.6) is 5.75 Å². The van der Waals surface area contributed by atoms with Crippen molar-refractivity contribution in [2.75, 3.05) is 4.90 Å². The lowest BCUT2D eigenvalue weighted by Gasteiger charge is -2.26. The maximum absolute atomic E-state index is 11.2. The van der Waals surface area contributed by atoms with Crippen LogP contribution in [-0.4, -0.2) is 21.1 Å². The Labute approximate surface area is 213 Å². The van der Waals surface area contributed by atoms with Crippen molar-refractivity contribution < 1.29 is 14.1 Å². The Bertz CT molecular complexity index is 1390. The van der Waals surface area contributed by atoms with E-state index in [2.05, 4.69) is 10.3 Å². The number of benzene rings is 2. The number of nitrogens with one attached hydrogen (secondary N) is 1. The lowest BCUT2D eigenvalue weighted by atomic mass is 10.0.